The molecule has 5 heteroatoms. The van der Waals surface area contributed by atoms with E-state index in [9.17, 15) is 9.35 Å². The lowest BCUT2D eigenvalue weighted by molar-refractivity contribution is -0.144. The van der Waals surface area contributed by atoms with E-state index in [1.165, 1.54) is 0 Å². The molecule has 0 saturated heterocycles. The topological polar surface area (TPSA) is 58.6 Å². The lowest BCUT2D eigenvalue weighted by Crippen LogP contribution is -2.48. The molecule has 2 N–H and O–H groups in total. The predicted octanol–water partition coefficient (Wildman–Crippen LogP) is 3.42. The van der Waals surface area contributed by atoms with Gasteiger partial charge in [-0.3, -0.25) is 4.79 Å². The Kier molecular flexibility index (Phi) is 7.13. The van der Waals surface area contributed by atoms with Crippen molar-refractivity contribution >= 4 is 22.9 Å². The van der Waals surface area contributed by atoms with Crippen LogP contribution in [0.2, 0.25) is 0 Å². The molecule has 1 aromatic rings. The van der Waals surface area contributed by atoms with Crippen LogP contribution in [-0.4, -0.2) is 27.9 Å². The summed E-state index contributed by atoms with van der Waals surface area (Å²) in [7, 11) is 0. The van der Waals surface area contributed by atoms with Crippen LogP contribution in [0.1, 0.15) is 39.7 Å². The fourth-order valence-corrected chi connectivity index (χ4v) is 2.57. The van der Waals surface area contributed by atoms with Crippen molar-refractivity contribution in [2.24, 2.45) is 0 Å². The summed E-state index contributed by atoms with van der Waals surface area (Å²) in [4.78, 5) is 12.1. The van der Waals surface area contributed by atoms with Gasteiger partial charge in [0.1, 0.15) is 0 Å². The lowest BCUT2D eigenvalue weighted by atomic mass is 10.0. The van der Waals surface area contributed by atoms with E-state index < -0.39 is 17.4 Å². The molecule has 0 saturated carbocycles. The minimum Gasteiger partial charge on any atom is -0.465 e. The molecular weight excluding hydrogens is 298 g/mol. The second-order valence-electron chi connectivity index (χ2n) is 5.99. The monoisotopic (exact) mass is 324 g/mol. The minimum absolute atomic E-state index is 0.309. The van der Waals surface area contributed by atoms with Gasteiger partial charge in [0.25, 0.3) is 0 Å². The van der Waals surface area contributed by atoms with Crippen LogP contribution < -0.4 is 4.72 Å². The molecule has 0 aliphatic heterocycles. The number of benzene rings is 1. The molecule has 0 bridgehead atoms. The van der Waals surface area contributed by atoms with Crippen molar-refractivity contribution < 1.29 is 14.1 Å². The first kappa shape index (κ1) is 18.7. The SMILES string of the molecule is C=C(C[C@@H](N[S+](O)C(C)(C)C)C(=O)OCC)c1ccccc1. The van der Waals surface area contributed by atoms with Crippen LogP contribution in [0.3, 0.4) is 0 Å². The van der Waals surface area contributed by atoms with Gasteiger partial charge in [0.05, 0.1) is 6.61 Å². The van der Waals surface area contributed by atoms with Crippen LogP contribution in [0.4, 0.5) is 0 Å². The number of hydrogen-bond acceptors (Lipinski definition) is 4. The summed E-state index contributed by atoms with van der Waals surface area (Å²) in [5.41, 5.74) is 1.81. The third-order valence-corrected chi connectivity index (χ3v) is 4.71. The molecule has 2 atom stereocenters. The average molecular weight is 324 g/mol. The van der Waals surface area contributed by atoms with Gasteiger partial charge in [0.2, 0.25) is 11.4 Å². The van der Waals surface area contributed by atoms with Crippen LogP contribution in [-0.2, 0) is 20.9 Å². The number of nitrogens with one attached hydrogen (secondary N) is 1. The molecule has 0 radical (unpaired) electrons. The first-order valence-electron chi connectivity index (χ1n) is 7.35. The third-order valence-electron chi connectivity index (χ3n) is 3.04. The quantitative estimate of drug-likeness (QED) is 0.596. The van der Waals surface area contributed by atoms with Gasteiger partial charge in [0, 0.05) is 6.42 Å². The summed E-state index contributed by atoms with van der Waals surface area (Å²) in [6, 6.07) is 9.08. The Bertz CT molecular complexity index is 496. The molecule has 22 heavy (non-hydrogen) atoms. The molecule has 0 heterocycles. The fourth-order valence-electron chi connectivity index (χ4n) is 1.77. The van der Waals surface area contributed by atoms with E-state index in [0.29, 0.717) is 13.0 Å². The van der Waals surface area contributed by atoms with Gasteiger partial charge < -0.3 is 4.74 Å². The van der Waals surface area contributed by atoms with Crippen LogP contribution in [0.5, 0.6) is 0 Å². The van der Waals surface area contributed by atoms with Crippen molar-refractivity contribution in [2.45, 2.75) is 44.9 Å². The molecule has 1 unspecified atom stereocenters. The van der Waals surface area contributed by atoms with Gasteiger partial charge in [-0.15, -0.1) is 0 Å². The Morgan fingerprint density at radius 1 is 1.36 bits per heavy atom. The lowest BCUT2D eigenvalue weighted by Gasteiger charge is -2.20. The Morgan fingerprint density at radius 2 is 1.95 bits per heavy atom. The van der Waals surface area contributed by atoms with Crippen LogP contribution >= 0.6 is 0 Å². The van der Waals surface area contributed by atoms with Gasteiger partial charge in [-0.25, -0.2) is 0 Å². The molecule has 0 aromatic heterocycles. The van der Waals surface area contributed by atoms with E-state index in [-0.39, 0.29) is 10.7 Å². The molecule has 0 amide bonds. The van der Waals surface area contributed by atoms with Crippen LogP contribution in [0.15, 0.2) is 36.9 Å². The van der Waals surface area contributed by atoms with Crippen molar-refractivity contribution in [1.82, 2.24) is 4.72 Å². The van der Waals surface area contributed by atoms with E-state index in [0.717, 1.165) is 11.1 Å². The fraction of sp³-hybridized carbons (Fsp3) is 0.471. The van der Waals surface area contributed by atoms with Crippen molar-refractivity contribution in [3.05, 3.63) is 42.5 Å². The minimum atomic E-state index is -1.11. The highest BCUT2D eigenvalue weighted by Crippen LogP contribution is 2.21. The Hall–Kier alpha value is -1.30. The van der Waals surface area contributed by atoms with Crippen LogP contribution in [0.25, 0.3) is 5.57 Å². The zero-order chi connectivity index (χ0) is 16.8. The number of carbonyl (C=O) groups excluding carboxylic acids is 1. The Morgan fingerprint density at radius 3 is 2.45 bits per heavy atom. The number of carbonyl (C=O) groups is 1. The number of rotatable bonds is 7. The third kappa shape index (κ3) is 5.83. The molecule has 1 aromatic carbocycles. The molecule has 122 valence electrons. The summed E-state index contributed by atoms with van der Waals surface area (Å²) >= 11 is -1.11. The largest absolute Gasteiger partial charge is 0.465 e. The van der Waals surface area contributed by atoms with Gasteiger partial charge in [-0.05, 0) is 38.8 Å². The van der Waals surface area contributed by atoms with E-state index >= 15 is 0 Å². The normalized spacial score (nSPS) is 14.2. The number of hydrogen-bond donors (Lipinski definition) is 2. The van der Waals surface area contributed by atoms with E-state index in [2.05, 4.69) is 11.3 Å². The first-order chi connectivity index (χ1) is 10.3. The summed E-state index contributed by atoms with van der Waals surface area (Å²) in [6.07, 6.45) is 0.392. The highest BCUT2D eigenvalue weighted by Gasteiger charge is 2.39. The summed E-state index contributed by atoms with van der Waals surface area (Å²) < 4.78 is 18.0. The molecule has 0 aliphatic rings. The summed E-state index contributed by atoms with van der Waals surface area (Å²) in [6.45, 7) is 11.9. The second-order valence-corrected chi connectivity index (χ2v) is 8.02. The molecule has 4 nitrogen and oxygen atoms in total. The molecule has 1 rings (SSSR count). The number of esters is 1. The second kappa shape index (κ2) is 8.36. The van der Waals surface area contributed by atoms with Gasteiger partial charge in [-0.1, -0.05) is 41.6 Å². The number of ether oxygens (including phenoxy) is 1. The van der Waals surface area contributed by atoms with Crippen LogP contribution in [0, 0.1) is 0 Å². The Labute approximate surface area is 136 Å². The average Bonchev–Trinajstić information content (AvgIpc) is 2.46. The van der Waals surface area contributed by atoms with Crippen molar-refractivity contribution in [2.75, 3.05) is 6.61 Å². The zero-order valence-corrected chi connectivity index (χ0v) is 14.6. The summed E-state index contributed by atoms with van der Waals surface area (Å²) in [5, 5.41) is 0. The molecular formula is C17H26NO3S+. The van der Waals surface area contributed by atoms with E-state index in [1.54, 1.807) is 6.92 Å². The van der Waals surface area contributed by atoms with Crippen molar-refractivity contribution in [3.8, 4) is 0 Å². The predicted molar refractivity (Wildman–Crippen MR) is 93.4 cm³/mol. The van der Waals surface area contributed by atoms with Gasteiger partial charge >= 0.3 is 5.97 Å². The Balaban J connectivity index is 2.82. The van der Waals surface area contributed by atoms with E-state index in [4.69, 9.17) is 4.74 Å². The van der Waals surface area contributed by atoms with Crippen molar-refractivity contribution in [3.63, 3.8) is 0 Å². The van der Waals surface area contributed by atoms with Gasteiger partial charge in [-0.2, -0.15) is 4.55 Å². The molecule has 0 spiro atoms. The zero-order valence-electron chi connectivity index (χ0n) is 13.8. The maximum atomic E-state index is 12.1. The summed E-state index contributed by atoms with van der Waals surface area (Å²) in [5.74, 6) is -0.365. The maximum absolute atomic E-state index is 12.1. The highest BCUT2D eigenvalue weighted by atomic mass is 32.2. The molecule has 0 fully saturated rings. The highest BCUT2D eigenvalue weighted by molar-refractivity contribution is 7.90. The first-order valence-corrected chi connectivity index (χ1v) is 8.53. The van der Waals surface area contributed by atoms with E-state index in [1.807, 2.05) is 51.1 Å². The van der Waals surface area contributed by atoms with Crippen molar-refractivity contribution in [1.29, 1.82) is 0 Å². The maximum Gasteiger partial charge on any atom is 0.328 e. The molecule has 0 aliphatic carbocycles. The standard InChI is InChI=1S/C17H26NO3S/c1-6-21-16(19)15(18-22(20)17(3,4)5)12-13(2)14-10-8-7-9-11-14/h7-11,15,18,20H,2,6,12H2,1,3-5H3/q+1/t15-,22?/m1/s1. The van der Waals surface area contributed by atoms with Gasteiger partial charge in [0.15, 0.2) is 10.8 Å². The smallest absolute Gasteiger partial charge is 0.328 e.